The molecule has 1 heterocycles. The van der Waals surface area contributed by atoms with Gasteiger partial charge in [0.1, 0.15) is 0 Å². The van der Waals surface area contributed by atoms with Gasteiger partial charge in [0.25, 0.3) is 0 Å². The molecule has 1 saturated carbocycles. The van der Waals surface area contributed by atoms with Crippen LogP contribution < -0.4 is 10.1 Å². The van der Waals surface area contributed by atoms with E-state index < -0.39 is 23.7 Å². The third-order valence-corrected chi connectivity index (χ3v) is 5.11. The number of hydrogen-bond donors (Lipinski definition) is 1. The third kappa shape index (κ3) is 5.98. The molecule has 0 bridgehead atoms. The lowest BCUT2D eigenvalue weighted by molar-refractivity contribution is -0.142. The van der Waals surface area contributed by atoms with Crippen molar-refractivity contribution in [2.24, 2.45) is 5.92 Å². The van der Waals surface area contributed by atoms with E-state index in [0.717, 1.165) is 31.9 Å². The summed E-state index contributed by atoms with van der Waals surface area (Å²) in [5.74, 6) is -0.696. The molecule has 1 fully saturated rings. The molecule has 0 radical (unpaired) electrons. The third-order valence-electron chi connectivity index (χ3n) is 4.87. The average Bonchev–Trinajstić information content (AvgIpc) is 2.69. The van der Waals surface area contributed by atoms with Gasteiger partial charge in [-0.25, -0.2) is 14.8 Å². The number of halogens is 4. The minimum atomic E-state index is -4.83. The van der Waals surface area contributed by atoms with Gasteiger partial charge in [0.05, 0.1) is 6.20 Å². The Hall–Kier alpha value is -2.55. The maximum Gasteiger partial charge on any atom is 0.437 e. The van der Waals surface area contributed by atoms with Gasteiger partial charge < -0.3 is 15.0 Å². The Morgan fingerprint density at radius 2 is 2.03 bits per heavy atom. The lowest BCUT2D eigenvalue weighted by atomic mass is 9.89. The number of hydrogen-bond acceptors (Lipinski definition) is 5. The minimum absolute atomic E-state index is 0.292. The number of nitrogens with zero attached hydrogens (tertiary/aromatic N) is 3. The lowest BCUT2D eigenvalue weighted by Gasteiger charge is -2.26. The van der Waals surface area contributed by atoms with Crippen LogP contribution in [-0.4, -0.2) is 34.6 Å². The average molecular weight is 443 g/mol. The summed E-state index contributed by atoms with van der Waals surface area (Å²) in [5, 5.41) is 3.06. The lowest BCUT2D eigenvalue weighted by Crippen LogP contribution is -2.35. The molecular formula is C20H22ClF3N4O2. The van der Waals surface area contributed by atoms with Crippen molar-refractivity contribution in [2.75, 3.05) is 18.9 Å². The van der Waals surface area contributed by atoms with Crippen LogP contribution in [0.2, 0.25) is 5.02 Å². The van der Waals surface area contributed by atoms with E-state index in [9.17, 15) is 18.0 Å². The van der Waals surface area contributed by atoms with Crippen LogP contribution in [0.3, 0.4) is 0 Å². The minimum Gasteiger partial charge on any atom is -0.406 e. The molecule has 30 heavy (non-hydrogen) atoms. The Kier molecular flexibility index (Phi) is 7.02. The SMILES string of the molecule is CN(CC1CCCCC1)C(=O)Oc1cnc(Nc2cccc(Cl)c2)nc1C(F)(F)F. The normalized spacial score (nSPS) is 15.0. The fourth-order valence-electron chi connectivity index (χ4n) is 3.41. The van der Waals surface area contributed by atoms with Crippen molar-refractivity contribution in [3.63, 3.8) is 0 Å². The molecular weight excluding hydrogens is 421 g/mol. The van der Waals surface area contributed by atoms with Crippen LogP contribution in [0.1, 0.15) is 37.8 Å². The van der Waals surface area contributed by atoms with E-state index in [0.29, 0.717) is 23.2 Å². The van der Waals surface area contributed by atoms with Crippen molar-refractivity contribution >= 4 is 29.3 Å². The van der Waals surface area contributed by atoms with Crippen LogP contribution in [0.15, 0.2) is 30.5 Å². The summed E-state index contributed by atoms with van der Waals surface area (Å²) >= 11 is 5.87. The van der Waals surface area contributed by atoms with E-state index in [1.807, 2.05) is 0 Å². The topological polar surface area (TPSA) is 67.4 Å². The summed E-state index contributed by atoms with van der Waals surface area (Å²) in [7, 11) is 1.51. The maximum absolute atomic E-state index is 13.5. The number of rotatable bonds is 5. The summed E-state index contributed by atoms with van der Waals surface area (Å²) in [6.07, 6.45) is 0.510. The number of alkyl halides is 3. The first kappa shape index (κ1) is 22.1. The van der Waals surface area contributed by atoms with Crippen LogP contribution in [0, 0.1) is 5.92 Å². The highest BCUT2D eigenvalue weighted by Crippen LogP contribution is 2.35. The smallest absolute Gasteiger partial charge is 0.406 e. The molecule has 0 atom stereocenters. The molecule has 1 aliphatic carbocycles. The summed E-state index contributed by atoms with van der Waals surface area (Å²) < 4.78 is 45.5. The summed E-state index contributed by atoms with van der Waals surface area (Å²) in [5.41, 5.74) is -0.908. The molecule has 0 unspecified atom stereocenters. The predicted molar refractivity (Wildman–Crippen MR) is 107 cm³/mol. The van der Waals surface area contributed by atoms with Gasteiger partial charge in [-0.15, -0.1) is 0 Å². The van der Waals surface area contributed by atoms with Crippen LogP contribution >= 0.6 is 11.6 Å². The number of anilines is 2. The highest BCUT2D eigenvalue weighted by Gasteiger charge is 2.38. The van der Waals surface area contributed by atoms with Gasteiger partial charge in [-0.05, 0) is 37.0 Å². The first-order valence-electron chi connectivity index (χ1n) is 9.62. The van der Waals surface area contributed by atoms with Gasteiger partial charge in [0.15, 0.2) is 11.4 Å². The van der Waals surface area contributed by atoms with Gasteiger partial charge in [-0.2, -0.15) is 13.2 Å². The summed E-state index contributed by atoms with van der Waals surface area (Å²) in [6, 6.07) is 6.39. The predicted octanol–water partition coefficient (Wildman–Crippen LogP) is 5.90. The zero-order chi connectivity index (χ0) is 21.7. The molecule has 1 aromatic heterocycles. The molecule has 0 saturated heterocycles. The molecule has 3 rings (SSSR count). The summed E-state index contributed by atoms with van der Waals surface area (Å²) in [6.45, 7) is 0.440. The van der Waals surface area contributed by atoms with E-state index >= 15 is 0 Å². The van der Waals surface area contributed by atoms with Crippen molar-refractivity contribution in [3.05, 3.63) is 41.2 Å². The highest BCUT2D eigenvalue weighted by molar-refractivity contribution is 6.30. The fraction of sp³-hybridized carbons (Fsp3) is 0.450. The monoisotopic (exact) mass is 442 g/mol. The first-order valence-corrected chi connectivity index (χ1v) is 10.00. The van der Waals surface area contributed by atoms with E-state index in [-0.39, 0.29) is 5.95 Å². The highest BCUT2D eigenvalue weighted by atomic mass is 35.5. The molecule has 1 N–H and O–H groups in total. The van der Waals surface area contributed by atoms with Crippen molar-refractivity contribution in [1.29, 1.82) is 0 Å². The Morgan fingerprint density at radius 1 is 1.30 bits per heavy atom. The molecule has 1 aliphatic rings. The first-order chi connectivity index (χ1) is 14.2. The number of aromatic nitrogens is 2. The van der Waals surface area contributed by atoms with Gasteiger partial charge in [0, 0.05) is 24.3 Å². The number of ether oxygens (including phenoxy) is 1. The second kappa shape index (κ2) is 9.51. The van der Waals surface area contributed by atoms with Crippen molar-refractivity contribution < 1.29 is 22.7 Å². The zero-order valence-corrected chi connectivity index (χ0v) is 17.1. The standard InChI is InChI=1S/C20H22ClF3N4O2/c1-28(12-13-6-3-2-4-7-13)19(29)30-16-11-25-18(27-17(16)20(22,23)24)26-15-9-5-8-14(21)10-15/h5,8-11,13H,2-4,6-7,12H2,1H3,(H,25,26,27). The Bertz CT molecular complexity index is 889. The number of amides is 1. The van der Waals surface area contributed by atoms with Gasteiger partial charge in [-0.1, -0.05) is 36.9 Å². The van der Waals surface area contributed by atoms with Crippen LogP contribution in [0.5, 0.6) is 5.75 Å². The van der Waals surface area contributed by atoms with Gasteiger partial charge in [-0.3, -0.25) is 0 Å². The molecule has 162 valence electrons. The second-order valence-corrected chi connectivity index (χ2v) is 7.73. The van der Waals surface area contributed by atoms with Gasteiger partial charge in [0.2, 0.25) is 5.95 Å². The molecule has 1 amide bonds. The Labute approximate surface area is 177 Å². The van der Waals surface area contributed by atoms with Crippen LogP contribution in [0.25, 0.3) is 0 Å². The molecule has 2 aromatic rings. The largest absolute Gasteiger partial charge is 0.437 e. The van der Waals surface area contributed by atoms with E-state index in [1.54, 1.807) is 18.2 Å². The second-order valence-electron chi connectivity index (χ2n) is 7.29. The van der Waals surface area contributed by atoms with Gasteiger partial charge >= 0.3 is 12.3 Å². The Morgan fingerprint density at radius 3 is 2.70 bits per heavy atom. The molecule has 0 spiro atoms. The number of nitrogens with one attached hydrogen (secondary N) is 1. The van der Waals surface area contributed by atoms with E-state index in [4.69, 9.17) is 16.3 Å². The van der Waals surface area contributed by atoms with Crippen molar-refractivity contribution in [2.45, 2.75) is 38.3 Å². The fourth-order valence-corrected chi connectivity index (χ4v) is 3.60. The van der Waals surface area contributed by atoms with E-state index in [2.05, 4.69) is 15.3 Å². The Balaban J connectivity index is 1.74. The molecule has 0 aliphatic heterocycles. The zero-order valence-electron chi connectivity index (χ0n) is 16.4. The number of carbonyl (C=O) groups excluding carboxylic acids is 1. The molecule has 6 nitrogen and oxygen atoms in total. The van der Waals surface area contributed by atoms with Crippen LogP contribution in [0.4, 0.5) is 29.6 Å². The number of carbonyl (C=O) groups is 1. The van der Waals surface area contributed by atoms with Crippen molar-refractivity contribution in [3.8, 4) is 5.75 Å². The molecule has 10 heteroatoms. The van der Waals surface area contributed by atoms with Crippen LogP contribution in [-0.2, 0) is 6.18 Å². The maximum atomic E-state index is 13.5. The van der Waals surface area contributed by atoms with E-state index in [1.165, 1.54) is 24.4 Å². The summed E-state index contributed by atoms with van der Waals surface area (Å²) in [4.78, 5) is 21.0. The molecule has 1 aromatic carbocycles. The number of benzene rings is 1. The van der Waals surface area contributed by atoms with Crippen molar-refractivity contribution in [1.82, 2.24) is 14.9 Å². The quantitative estimate of drug-likeness (QED) is 0.624.